The number of halogens is 3. The molecular formula is C10H7ClF2O3. The number of carboxylic acid groups (broad SMARTS) is 1. The minimum absolute atomic E-state index is 0.167. The Morgan fingerprint density at radius 3 is 2.38 bits per heavy atom. The minimum Gasteiger partial charge on any atom is -0.508 e. The third-order valence-corrected chi connectivity index (χ3v) is 3.09. The molecule has 0 radical (unpaired) electrons. The zero-order valence-corrected chi connectivity index (χ0v) is 8.63. The Morgan fingerprint density at radius 2 is 2.00 bits per heavy atom. The van der Waals surface area contributed by atoms with Gasteiger partial charge in [0, 0.05) is 17.0 Å². The molecular weight excluding hydrogens is 242 g/mol. The Kier molecular flexibility index (Phi) is 2.14. The van der Waals surface area contributed by atoms with Crippen molar-refractivity contribution in [2.45, 2.75) is 17.8 Å². The van der Waals surface area contributed by atoms with Crippen molar-refractivity contribution in [2.24, 2.45) is 0 Å². The van der Waals surface area contributed by atoms with Gasteiger partial charge >= 0.3 is 5.97 Å². The molecule has 16 heavy (non-hydrogen) atoms. The predicted molar refractivity (Wildman–Crippen MR) is 52.0 cm³/mol. The van der Waals surface area contributed by atoms with Gasteiger partial charge in [0.15, 0.2) is 5.41 Å². The first-order chi connectivity index (χ1) is 7.33. The number of carboxylic acids is 1. The van der Waals surface area contributed by atoms with Crippen LogP contribution in [0.2, 0.25) is 5.02 Å². The Morgan fingerprint density at radius 1 is 1.44 bits per heavy atom. The summed E-state index contributed by atoms with van der Waals surface area (Å²) in [6.45, 7) is 0. The third kappa shape index (κ3) is 1.21. The van der Waals surface area contributed by atoms with Gasteiger partial charge in [-0.2, -0.15) is 0 Å². The molecule has 6 heteroatoms. The van der Waals surface area contributed by atoms with Gasteiger partial charge < -0.3 is 10.2 Å². The van der Waals surface area contributed by atoms with E-state index in [0.29, 0.717) is 0 Å². The first-order valence-electron chi connectivity index (χ1n) is 4.42. The molecule has 1 unspecified atom stereocenters. The summed E-state index contributed by atoms with van der Waals surface area (Å²) in [6, 6.07) is 3.77. The number of rotatable bonds is 2. The summed E-state index contributed by atoms with van der Waals surface area (Å²) < 4.78 is 26.4. The van der Waals surface area contributed by atoms with Gasteiger partial charge in [-0.25, -0.2) is 8.78 Å². The largest absolute Gasteiger partial charge is 0.508 e. The Hall–Kier alpha value is -1.36. The average molecular weight is 249 g/mol. The summed E-state index contributed by atoms with van der Waals surface area (Å²) in [5.74, 6) is -5.57. The predicted octanol–water partition coefficient (Wildman–Crippen LogP) is 2.41. The van der Waals surface area contributed by atoms with Crippen molar-refractivity contribution >= 4 is 17.6 Å². The van der Waals surface area contributed by atoms with E-state index >= 15 is 0 Å². The summed E-state index contributed by atoms with van der Waals surface area (Å²) >= 11 is 5.67. The summed E-state index contributed by atoms with van der Waals surface area (Å²) in [6.07, 6.45) is -0.841. The van der Waals surface area contributed by atoms with Crippen molar-refractivity contribution in [3.63, 3.8) is 0 Å². The maximum absolute atomic E-state index is 13.2. The average Bonchev–Trinajstić information content (AvgIpc) is 2.70. The second-order valence-electron chi connectivity index (χ2n) is 3.73. The van der Waals surface area contributed by atoms with Gasteiger partial charge in [0.05, 0.1) is 0 Å². The summed E-state index contributed by atoms with van der Waals surface area (Å²) in [5, 5.41) is 18.2. The van der Waals surface area contributed by atoms with E-state index in [9.17, 15) is 18.7 Å². The van der Waals surface area contributed by atoms with E-state index in [1.165, 1.54) is 12.1 Å². The standard InChI is InChI=1S/C10H7ClF2O3/c11-5-2-1-3-6(14)7(5)9(8(15)16)4-10(9,12)13/h1-3,14H,4H2,(H,15,16). The van der Waals surface area contributed by atoms with E-state index < -0.39 is 35.0 Å². The first kappa shape index (κ1) is 11.1. The molecule has 0 aliphatic heterocycles. The highest BCUT2D eigenvalue weighted by molar-refractivity contribution is 6.32. The minimum atomic E-state index is -3.37. The van der Waals surface area contributed by atoms with Crippen LogP contribution in [0.4, 0.5) is 8.78 Å². The van der Waals surface area contributed by atoms with Crippen LogP contribution in [0.3, 0.4) is 0 Å². The van der Waals surface area contributed by atoms with E-state index in [1.807, 2.05) is 0 Å². The monoisotopic (exact) mass is 248 g/mol. The van der Waals surface area contributed by atoms with Gasteiger partial charge in [0.1, 0.15) is 5.75 Å². The summed E-state index contributed by atoms with van der Waals surface area (Å²) in [5.41, 5.74) is -2.79. The lowest BCUT2D eigenvalue weighted by Gasteiger charge is -2.14. The van der Waals surface area contributed by atoms with Crippen LogP contribution in [-0.2, 0) is 10.2 Å². The van der Waals surface area contributed by atoms with Crippen LogP contribution in [0.5, 0.6) is 5.75 Å². The normalized spacial score (nSPS) is 26.4. The lowest BCUT2D eigenvalue weighted by molar-refractivity contribution is -0.143. The number of benzene rings is 1. The molecule has 0 heterocycles. The van der Waals surface area contributed by atoms with E-state index in [1.54, 1.807) is 0 Å². The molecule has 0 bridgehead atoms. The van der Waals surface area contributed by atoms with E-state index in [4.69, 9.17) is 16.7 Å². The van der Waals surface area contributed by atoms with Gasteiger partial charge in [-0.15, -0.1) is 0 Å². The van der Waals surface area contributed by atoms with Crippen molar-refractivity contribution in [3.8, 4) is 5.75 Å². The topological polar surface area (TPSA) is 57.5 Å². The fraction of sp³-hybridized carbons (Fsp3) is 0.300. The van der Waals surface area contributed by atoms with Crippen molar-refractivity contribution in [1.82, 2.24) is 0 Å². The summed E-state index contributed by atoms with van der Waals surface area (Å²) in [7, 11) is 0. The van der Waals surface area contributed by atoms with Crippen LogP contribution >= 0.6 is 11.6 Å². The Balaban J connectivity index is 2.64. The molecule has 1 aliphatic rings. The second kappa shape index (κ2) is 3.07. The molecule has 0 amide bonds. The second-order valence-corrected chi connectivity index (χ2v) is 4.13. The van der Waals surface area contributed by atoms with Gasteiger partial charge in [-0.1, -0.05) is 17.7 Å². The molecule has 1 aliphatic carbocycles. The fourth-order valence-electron chi connectivity index (χ4n) is 1.83. The Labute approximate surface area is 94.3 Å². The molecule has 86 valence electrons. The number of phenolic OH excluding ortho intramolecular Hbond substituents is 1. The lowest BCUT2D eigenvalue weighted by Crippen LogP contribution is -2.27. The van der Waals surface area contributed by atoms with E-state index in [2.05, 4.69) is 0 Å². The van der Waals surface area contributed by atoms with Crippen molar-refractivity contribution in [3.05, 3.63) is 28.8 Å². The maximum Gasteiger partial charge on any atom is 0.320 e. The molecule has 0 saturated heterocycles. The third-order valence-electron chi connectivity index (χ3n) is 2.77. The SMILES string of the molecule is O=C(O)C1(c2c(O)cccc2Cl)CC1(F)F. The zero-order chi connectivity index (χ0) is 12.1. The number of aromatic hydroxyl groups is 1. The van der Waals surface area contributed by atoms with Gasteiger partial charge in [0.25, 0.3) is 5.92 Å². The number of alkyl halides is 2. The van der Waals surface area contributed by atoms with Crippen LogP contribution in [0, 0.1) is 0 Å². The number of hydrogen-bond donors (Lipinski definition) is 2. The highest BCUT2D eigenvalue weighted by atomic mass is 35.5. The molecule has 0 spiro atoms. The van der Waals surface area contributed by atoms with Crippen LogP contribution in [0.1, 0.15) is 12.0 Å². The van der Waals surface area contributed by atoms with E-state index in [-0.39, 0.29) is 5.02 Å². The van der Waals surface area contributed by atoms with E-state index in [0.717, 1.165) is 6.07 Å². The highest BCUT2D eigenvalue weighted by Crippen LogP contribution is 2.64. The van der Waals surface area contributed by atoms with Crippen molar-refractivity contribution in [1.29, 1.82) is 0 Å². The molecule has 2 rings (SSSR count). The molecule has 1 atom stereocenters. The molecule has 3 nitrogen and oxygen atoms in total. The van der Waals surface area contributed by atoms with Gasteiger partial charge in [0.2, 0.25) is 0 Å². The van der Waals surface area contributed by atoms with Crippen molar-refractivity contribution in [2.75, 3.05) is 0 Å². The smallest absolute Gasteiger partial charge is 0.320 e. The van der Waals surface area contributed by atoms with Crippen molar-refractivity contribution < 1.29 is 23.8 Å². The molecule has 1 aromatic rings. The van der Waals surface area contributed by atoms with Crippen LogP contribution in [-0.4, -0.2) is 22.1 Å². The summed E-state index contributed by atoms with van der Waals surface area (Å²) in [4.78, 5) is 11.0. The highest BCUT2D eigenvalue weighted by Gasteiger charge is 2.78. The molecule has 1 fully saturated rings. The molecule has 2 N–H and O–H groups in total. The fourth-order valence-corrected chi connectivity index (χ4v) is 2.17. The lowest BCUT2D eigenvalue weighted by atomic mass is 9.94. The Bertz CT molecular complexity index is 455. The number of hydrogen-bond acceptors (Lipinski definition) is 2. The quantitative estimate of drug-likeness (QED) is 0.845. The number of aliphatic carboxylic acids is 1. The zero-order valence-electron chi connectivity index (χ0n) is 7.88. The van der Waals surface area contributed by atoms with Gasteiger partial charge in [-0.05, 0) is 12.1 Å². The molecule has 1 aromatic carbocycles. The van der Waals surface area contributed by atoms with Gasteiger partial charge in [-0.3, -0.25) is 4.79 Å². The van der Waals surface area contributed by atoms with Crippen LogP contribution < -0.4 is 0 Å². The maximum atomic E-state index is 13.2. The number of phenols is 1. The first-order valence-corrected chi connectivity index (χ1v) is 4.80. The molecule has 1 saturated carbocycles. The number of carbonyl (C=O) groups is 1. The van der Waals surface area contributed by atoms with Crippen LogP contribution in [0.15, 0.2) is 18.2 Å². The molecule has 0 aromatic heterocycles. The van der Waals surface area contributed by atoms with Crippen LogP contribution in [0.25, 0.3) is 0 Å².